The fourth-order valence-corrected chi connectivity index (χ4v) is 5.11. The standard InChI is InChI=1S/C27H26F7N5O3/c28-18-8-7-15(14-5-4-6-14)11-16(18)13-39-10-3-1-2-9-25(41,27(32,33)34)24-38-37-22(42-24)21-19(35)12-17(26(29,30)31)20(36-21)23(39)40/h7-8,11-12,14,41H,1-6,9-10,13,35H2/t25-/m1/s1. The van der Waals surface area contributed by atoms with Crippen LogP contribution < -0.4 is 5.73 Å². The number of anilines is 1. The quantitative estimate of drug-likeness (QED) is 0.348. The van der Waals surface area contributed by atoms with Gasteiger partial charge in [-0.05, 0) is 55.7 Å². The van der Waals surface area contributed by atoms with Gasteiger partial charge in [0.15, 0.2) is 5.69 Å². The van der Waals surface area contributed by atoms with E-state index in [9.17, 15) is 40.6 Å². The Bertz CT molecular complexity index is 1490. The second-order valence-electron chi connectivity index (χ2n) is 10.6. The van der Waals surface area contributed by atoms with Crippen LogP contribution in [0.2, 0.25) is 0 Å². The number of nitrogens with zero attached hydrogens (tertiary/aromatic N) is 4. The smallest absolute Gasteiger partial charge is 0.416 e. The molecule has 1 aliphatic carbocycles. The molecule has 0 spiro atoms. The van der Waals surface area contributed by atoms with Crippen molar-refractivity contribution in [2.45, 2.75) is 75.4 Å². The average molecular weight is 602 g/mol. The van der Waals surface area contributed by atoms with Crippen molar-refractivity contribution in [1.82, 2.24) is 20.1 Å². The van der Waals surface area contributed by atoms with E-state index in [4.69, 9.17) is 10.2 Å². The van der Waals surface area contributed by atoms with Gasteiger partial charge in [-0.1, -0.05) is 25.0 Å². The molecule has 1 amide bonds. The maximum Gasteiger partial charge on any atom is 0.426 e. The Kier molecular flexibility index (Phi) is 7.66. The summed E-state index contributed by atoms with van der Waals surface area (Å²) in [5.41, 5.74) is -0.874. The third kappa shape index (κ3) is 5.53. The second kappa shape index (κ2) is 10.8. The van der Waals surface area contributed by atoms with Crippen molar-refractivity contribution in [3.05, 3.63) is 58.4 Å². The molecule has 3 N–H and O–H groups in total. The molecule has 3 heterocycles. The maximum atomic E-state index is 14.9. The first-order chi connectivity index (χ1) is 19.7. The molecule has 1 atom stereocenters. The molecule has 2 aliphatic rings. The van der Waals surface area contributed by atoms with Gasteiger partial charge in [-0.15, -0.1) is 10.2 Å². The molecule has 4 bridgehead atoms. The van der Waals surface area contributed by atoms with E-state index in [1.807, 2.05) is 0 Å². The number of benzene rings is 1. The third-order valence-electron chi connectivity index (χ3n) is 7.77. The highest BCUT2D eigenvalue weighted by Crippen LogP contribution is 2.44. The van der Waals surface area contributed by atoms with Crippen LogP contribution in [0.4, 0.5) is 36.4 Å². The van der Waals surface area contributed by atoms with Gasteiger partial charge in [0, 0.05) is 18.7 Å². The van der Waals surface area contributed by atoms with E-state index in [0.29, 0.717) is 6.07 Å². The molecule has 0 radical (unpaired) electrons. The molecular weight excluding hydrogens is 575 g/mol. The molecule has 2 aromatic heterocycles. The zero-order valence-electron chi connectivity index (χ0n) is 22.0. The Morgan fingerprint density at radius 2 is 1.76 bits per heavy atom. The van der Waals surface area contributed by atoms with Crippen LogP contribution in [0.25, 0.3) is 11.6 Å². The number of carbonyl (C=O) groups excluding carboxylic acids is 1. The van der Waals surface area contributed by atoms with Gasteiger partial charge in [0.25, 0.3) is 17.7 Å². The minimum Gasteiger partial charge on any atom is -0.416 e. The van der Waals surface area contributed by atoms with Gasteiger partial charge < -0.3 is 20.2 Å². The first-order valence-electron chi connectivity index (χ1n) is 13.3. The van der Waals surface area contributed by atoms with Crippen LogP contribution in [-0.2, 0) is 18.3 Å². The molecule has 5 rings (SSSR count). The maximum absolute atomic E-state index is 14.9. The highest BCUT2D eigenvalue weighted by molar-refractivity contribution is 5.95. The van der Waals surface area contributed by atoms with Gasteiger partial charge in [-0.25, -0.2) is 9.37 Å². The molecular formula is C27H26F7N5O3. The Morgan fingerprint density at radius 1 is 1.02 bits per heavy atom. The molecule has 1 aromatic carbocycles. The Hall–Kier alpha value is -3.75. The Labute approximate surface area is 234 Å². The lowest BCUT2D eigenvalue weighted by Gasteiger charge is -2.28. The molecule has 15 heteroatoms. The number of carbonyl (C=O) groups is 1. The van der Waals surface area contributed by atoms with Crippen LogP contribution in [-0.4, -0.2) is 43.8 Å². The topological polar surface area (TPSA) is 118 Å². The number of fused-ring (bicyclic) bond motifs is 5. The summed E-state index contributed by atoms with van der Waals surface area (Å²) in [6.07, 6.45) is -8.55. The lowest BCUT2D eigenvalue weighted by atomic mass is 9.79. The molecule has 226 valence electrons. The summed E-state index contributed by atoms with van der Waals surface area (Å²) >= 11 is 0. The molecule has 0 saturated heterocycles. The van der Waals surface area contributed by atoms with Crippen molar-refractivity contribution >= 4 is 11.6 Å². The average Bonchev–Trinajstić information content (AvgIpc) is 3.36. The monoisotopic (exact) mass is 601 g/mol. The van der Waals surface area contributed by atoms with E-state index >= 15 is 0 Å². The van der Waals surface area contributed by atoms with Crippen molar-refractivity contribution < 1.29 is 45.1 Å². The number of hydrogen-bond acceptors (Lipinski definition) is 7. The van der Waals surface area contributed by atoms with E-state index in [1.54, 1.807) is 12.1 Å². The molecule has 0 unspecified atom stereocenters. The van der Waals surface area contributed by atoms with Gasteiger partial charge in [0.2, 0.25) is 5.60 Å². The van der Waals surface area contributed by atoms with Crippen LogP contribution in [0.3, 0.4) is 0 Å². The summed E-state index contributed by atoms with van der Waals surface area (Å²) in [5, 5.41) is 17.3. The summed E-state index contributed by atoms with van der Waals surface area (Å²) in [7, 11) is 0. The number of aromatic nitrogens is 3. The fraction of sp³-hybridized carbons (Fsp3) is 0.481. The Balaban J connectivity index is 1.61. The lowest BCUT2D eigenvalue weighted by Crippen LogP contribution is -2.42. The number of pyridine rings is 1. The van der Waals surface area contributed by atoms with Gasteiger partial charge in [-0.3, -0.25) is 4.79 Å². The number of alkyl halides is 6. The predicted molar refractivity (Wildman–Crippen MR) is 133 cm³/mol. The second-order valence-corrected chi connectivity index (χ2v) is 10.6. The number of nitrogen functional groups attached to an aromatic ring is 1. The third-order valence-corrected chi connectivity index (χ3v) is 7.77. The first kappa shape index (κ1) is 29.7. The van der Waals surface area contributed by atoms with Crippen LogP contribution in [0.15, 0.2) is 28.7 Å². The van der Waals surface area contributed by atoms with Crippen LogP contribution >= 0.6 is 0 Å². The van der Waals surface area contributed by atoms with Crippen LogP contribution in [0, 0.1) is 5.82 Å². The number of amides is 1. The number of rotatable bonds is 3. The molecule has 42 heavy (non-hydrogen) atoms. The lowest BCUT2D eigenvalue weighted by molar-refractivity contribution is -0.277. The van der Waals surface area contributed by atoms with Gasteiger partial charge in [0.05, 0.1) is 11.3 Å². The predicted octanol–water partition coefficient (Wildman–Crippen LogP) is 6.11. The summed E-state index contributed by atoms with van der Waals surface area (Å²) < 4.78 is 104. The summed E-state index contributed by atoms with van der Waals surface area (Å²) in [4.78, 5) is 18.4. The molecule has 1 aliphatic heterocycles. The normalized spacial score (nSPS) is 20.8. The van der Waals surface area contributed by atoms with Crippen molar-refractivity contribution in [1.29, 1.82) is 0 Å². The van der Waals surface area contributed by atoms with E-state index in [2.05, 4.69) is 15.2 Å². The number of halogens is 7. The van der Waals surface area contributed by atoms with Gasteiger partial charge in [-0.2, -0.15) is 26.3 Å². The highest BCUT2D eigenvalue weighted by atomic mass is 19.4. The van der Waals surface area contributed by atoms with E-state index in [-0.39, 0.29) is 37.3 Å². The van der Waals surface area contributed by atoms with Crippen molar-refractivity contribution in [2.24, 2.45) is 0 Å². The molecule has 3 aromatic rings. The highest BCUT2D eigenvalue weighted by Gasteiger charge is 2.58. The van der Waals surface area contributed by atoms with Crippen molar-refractivity contribution in [3.63, 3.8) is 0 Å². The SMILES string of the molecule is Nc1cc(C(F)(F)F)c2nc1-c1nnc(o1)[C@@](O)(C(F)(F)F)CCCCCN(Cc1cc(C3CCC3)ccc1F)C2=O. The molecule has 1 saturated carbocycles. The zero-order chi connectivity index (χ0) is 30.4. The van der Waals surface area contributed by atoms with Gasteiger partial charge >= 0.3 is 12.4 Å². The van der Waals surface area contributed by atoms with E-state index in [0.717, 1.165) is 29.7 Å². The number of nitrogens with two attached hydrogens (primary N) is 1. The largest absolute Gasteiger partial charge is 0.426 e. The fourth-order valence-electron chi connectivity index (χ4n) is 5.11. The van der Waals surface area contributed by atoms with Crippen molar-refractivity contribution in [2.75, 3.05) is 12.3 Å². The van der Waals surface area contributed by atoms with Crippen molar-refractivity contribution in [3.8, 4) is 11.6 Å². The van der Waals surface area contributed by atoms with Crippen LogP contribution in [0.5, 0.6) is 0 Å². The first-order valence-corrected chi connectivity index (χ1v) is 13.3. The molecule has 8 nitrogen and oxygen atoms in total. The Morgan fingerprint density at radius 3 is 2.40 bits per heavy atom. The number of aliphatic hydroxyl groups is 1. The van der Waals surface area contributed by atoms with E-state index < -0.39 is 77.1 Å². The minimum atomic E-state index is -5.23. The summed E-state index contributed by atoms with van der Waals surface area (Å²) in [6, 6.07) is 4.84. The number of hydrogen-bond donors (Lipinski definition) is 2. The van der Waals surface area contributed by atoms with Gasteiger partial charge in [0.1, 0.15) is 11.5 Å². The molecule has 1 fully saturated rings. The summed E-state index contributed by atoms with van der Waals surface area (Å²) in [6.45, 7) is -0.644. The summed E-state index contributed by atoms with van der Waals surface area (Å²) in [5.74, 6) is -3.71. The van der Waals surface area contributed by atoms with E-state index in [1.165, 1.54) is 6.07 Å². The zero-order valence-corrected chi connectivity index (χ0v) is 22.0. The minimum absolute atomic E-state index is 0.0281. The van der Waals surface area contributed by atoms with Crippen LogP contribution in [0.1, 0.15) is 83.9 Å².